The molecule has 160 valence electrons. The molecule has 0 aromatic heterocycles. The zero-order chi connectivity index (χ0) is 21.7. The van der Waals surface area contributed by atoms with Gasteiger partial charge in [-0.3, -0.25) is 4.79 Å². The minimum Gasteiger partial charge on any atom is -0.452 e. The van der Waals surface area contributed by atoms with Crippen molar-refractivity contribution >= 4 is 27.6 Å². The Bertz CT molecular complexity index is 1030. The second kappa shape index (κ2) is 9.33. The lowest BCUT2D eigenvalue weighted by atomic mass is 10.2. The normalized spacial score (nSPS) is 14.9. The van der Waals surface area contributed by atoms with Crippen molar-refractivity contribution < 1.29 is 31.9 Å². The third-order valence-corrected chi connectivity index (χ3v) is 6.33. The molecule has 1 fully saturated rings. The quantitative estimate of drug-likeness (QED) is 0.695. The summed E-state index contributed by atoms with van der Waals surface area (Å²) >= 11 is 0. The molecule has 2 aromatic rings. The van der Waals surface area contributed by atoms with E-state index < -0.39 is 39.9 Å². The Hall–Kier alpha value is -2.82. The van der Waals surface area contributed by atoms with Crippen molar-refractivity contribution in [2.75, 3.05) is 38.2 Å². The van der Waals surface area contributed by atoms with Crippen LogP contribution < -0.4 is 5.32 Å². The van der Waals surface area contributed by atoms with Gasteiger partial charge in [-0.25, -0.2) is 17.6 Å². The summed E-state index contributed by atoms with van der Waals surface area (Å²) in [6.45, 7) is 2.09. The van der Waals surface area contributed by atoms with Crippen LogP contribution in [0.3, 0.4) is 0 Å². The van der Waals surface area contributed by atoms with Gasteiger partial charge in [0.05, 0.1) is 23.7 Å². The van der Waals surface area contributed by atoms with Gasteiger partial charge in [-0.1, -0.05) is 17.7 Å². The Morgan fingerprint density at radius 1 is 1.13 bits per heavy atom. The van der Waals surface area contributed by atoms with Crippen LogP contribution in [-0.2, 0) is 24.3 Å². The summed E-state index contributed by atoms with van der Waals surface area (Å²) in [5, 5.41) is 2.54. The van der Waals surface area contributed by atoms with Crippen LogP contribution in [0.15, 0.2) is 47.4 Å². The lowest BCUT2D eigenvalue weighted by Gasteiger charge is -2.26. The maximum absolute atomic E-state index is 14.1. The van der Waals surface area contributed by atoms with E-state index in [1.54, 1.807) is 24.3 Å². The Kier molecular flexibility index (Phi) is 6.80. The summed E-state index contributed by atoms with van der Waals surface area (Å²) in [4.78, 5) is 24.0. The molecule has 30 heavy (non-hydrogen) atoms. The molecule has 1 heterocycles. The van der Waals surface area contributed by atoms with Gasteiger partial charge in [-0.05, 0) is 37.3 Å². The topological polar surface area (TPSA) is 102 Å². The maximum Gasteiger partial charge on any atom is 0.341 e. The molecule has 0 radical (unpaired) electrons. The molecule has 0 aliphatic carbocycles. The van der Waals surface area contributed by atoms with E-state index in [9.17, 15) is 22.4 Å². The molecule has 0 spiro atoms. The molecule has 2 aromatic carbocycles. The van der Waals surface area contributed by atoms with Crippen LogP contribution in [0.1, 0.15) is 15.9 Å². The Morgan fingerprint density at radius 3 is 2.47 bits per heavy atom. The van der Waals surface area contributed by atoms with Crippen molar-refractivity contribution in [1.82, 2.24) is 4.31 Å². The highest BCUT2D eigenvalue weighted by molar-refractivity contribution is 7.89. The number of ether oxygens (including phenoxy) is 2. The lowest BCUT2D eigenvalue weighted by Crippen LogP contribution is -2.40. The molecule has 0 bridgehead atoms. The van der Waals surface area contributed by atoms with Crippen molar-refractivity contribution in [2.24, 2.45) is 0 Å². The van der Waals surface area contributed by atoms with Crippen LogP contribution in [0.4, 0.5) is 10.1 Å². The number of morpholine rings is 1. The summed E-state index contributed by atoms with van der Waals surface area (Å²) < 4.78 is 50.7. The van der Waals surface area contributed by atoms with Gasteiger partial charge in [-0.2, -0.15) is 4.31 Å². The number of rotatable bonds is 6. The first kappa shape index (κ1) is 21.9. The first-order valence-corrected chi connectivity index (χ1v) is 10.6. The number of sulfonamides is 1. The van der Waals surface area contributed by atoms with Crippen LogP contribution in [0, 0.1) is 12.7 Å². The van der Waals surface area contributed by atoms with Crippen molar-refractivity contribution in [3.05, 3.63) is 59.4 Å². The van der Waals surface area contributed by atoms with Gasteiger partial charge >= 0.3 is 5.97 Å². The zero-order valence-electron chi connectivity index (χ0n) is 16.3. The monoisotopic (exact) mass is 436 g/mol. The van der Waals surface area contributed by atoms with E-state index in [-0.39, 0.29) is 31.2 Å². The number of benzene rings is 2. The highest BCUT2D eigenvalue weighted by Crippen LogP contribution is 2.21. The van der Waals surface area contributed by atoms with Gasteiger partial charge < -0.3 is 14.8 Å². The van der Waals surface area contributed by atoms with E-state index in [1.807, 2.05) is 6.92 Å². The molecule has 3 rings (SSSR count). The fourth-order valence-electron chi connectivity index (χ4n) is 2.80. The van der Waals surface area contributed by atoms with Gasteiger partial charge in [-0.15, -0.1) is 0 Å². The molecular formula is C20H21FN2O6S. The van der Waals surface area contributed by atoms with Crippen molar-refractivity contribution in [3.63, 3.8) is 0 Å². The molecular weight excluding hydrogens is 415 g/mol. The molecule has 1 N–H and O–H groups in total. The molecule has 0 atom stereocenters. The summed E-state index contributed by atoms with van der Waals surface area (Å²) in [6, 6.07) is 9.87. The molecule has 0 saturated carbocycles. The van der Waals surface area contributed by atoms with Gasteiger partial charge in [0, 0.05) is 18.8 Å². The van der Waals surface area contributed by atoms with Crippen molar-refractivity contribution in [2.45, 2.75) is 11.8 Å². The number of esters is 1. The van der Waals surface area contributed by atoms with E-state index in [0.29, 0.717) is 5.69 Å². The zero-order valence-corrected chi connectivity index (χ0v) is 17.1. The van der Waals surface area contributed by atoms with Crippen LogP contribution >= 0.6 is 0 Å². The summed E-state index contributed by atoms with van der Waals surface area (Å²) in [5.41, 5.74) is 0.973. The number of amides is 1. The first-order valence-electron chi connectivity index (χ1n) is 9.18. The largest absolute Gasteiger partial charge is 0.452 e. The highest BCUT2D eigenvalue weighted by atomic mass is 32.2. The highest BCUT2D eigenvalue weighted by Gasteiger charge is 2.28. The predicted octanol–water partition coefficient (Wildman–Crippen LogP) is 1.95. The molecule has 10 heteroatoms. The SMILES string of the molecule is Cc1ccc(NC(=O)COC(=O)c2cc(S(=O)(=O)N3CCOCC3)ccc2F)cc1. The number of hydrogen-bond donors (Lipinski definition) is 1. The molecule has 1 aliphatic heterocycles. The number of carbonyl (C=O) groups is 2. The smallest absolute Gasteiger partial charge is 0.341 e. The standard InChI is InChI=1S/C20H21FN2O6S/c1-14-2-4-15(5-3-14)22-19(24)13-29-20(25)17-12-16(6-7-18(17)21)30(26,27)23-8-10-28-11-9-23/h2-7,12H,8-11,13H2,1H3,(H,22,24). The average molecular weight is 436 g/mol. The third kappa shape index (κ3) is 5.21. The second-order valence-corrected chi connectivity index (χ2v) is 8.59. The van der Waals surface area contributed by atoms with Crippen LogP contribution in [-0.4, -0.2) is 57.5 Å². The van der Waals surface area contributed by atoms with Gasteiger partial charge in [0.15, 0.2) is 6.61 Å². The Labute approximate surface area is 173 Å². The number of nitrogens with zero attached hydrogens (tertiary/aromatic N) is 1. The van der Waals surface area contributed by atoms with E-state index in [0.717, 1.165) is 23.8 Å². The van der Waals surface area contributed by atoms with E-state index >= 15 is 0 Å². The van der Waals surface area contributed by atoms with Crippen molar-refractivity contribution in [1.29, 1.82) is 0 Å². The number of carbonyl (C=O) groups excluding carboxylic acids is 2. The number of halogens is 1. The number of anilines is 1. The summed E-state index contributed by atoms with van der Waals surface area (Å²) in [6.07, 6.45) is 0. The fraction of sp³-hybridized carbons (Fsp3) is 0.300. The molecule has 1 aliphatic rings. The minimum absolute atomic E-state index is 0.165. The number of aryl methyl sites for hydroxylation is 1. The predicted molar refractivity (Wildman–Crippen MR) is 106 cm³/mol. The first-order chi connectivity index (χ1) is 14.3. The molecule has 0 unspecified atom stereocenters. The van der Waals surface area contributed by atoms with Crippen LogP contribution in [0.2, 0.25) is 0 Å². The second-order valence-electron chi connectivity index (χ2n) is 6.65. The third-order valence-electron chi connectivity index (χ3n) is 4.44. The number of hydrogen-bond acceptors (Lipinski definition) is 6. The molecule has 1 saturated heterocycles. The van der Waals surface area contributed by atoms with Gasteiger partial charge in [0.2, 0.25) is 10.0 Å². The minimum atomic E-state index is -3.91. The maximum atomic E-state index is 14.1. The van der Waals surface area contributed by atoms with Gasteiger partial charge in [0.1, 0.15) is 5.82 Å². The van der Waals surface area contributed by atoms with E-state index in [1.165, 1.54) is 4.31 Å². The molecule has 8 nitrogen and oxygen atoms in total. The molecule has 1 amide bonds. The van der Waals surface area contributed by atoms with Crippen molar-refractivity contribution in [3.8, 4) is 0 Å². The van der Waals surface area contributed by atoms with E-state index in [4.69, 9.17) is 9.47 Å². The summed E-state index contributed by atoms with van der Waals surface area (Å²) in [7, 11) is -3.91. The van der Waals surface area contributed by atoms with Gasteiger partial charge in [0.25, 0.3) is 5.91 Å². The Balaban J connectivity index is 1.67. The Morgan fingerprint density at radius 2 is 1.80 bits per heavy atom. The van der Waals surface area contributed by atoms with Crippen LogP contribution in [0.25, 0.3) is 0 Å². The van der Waals surface area contributed by atoms with Crippen LogP contribution in [0.5, 0.6) is 0 Å². The summed E-state index contributed by atoms with van der Waals surface area (Å²) in [5.74, 6) is -2.69. The fourth-order valence-corrected chi connectivity index (χ4v) is 4.23. The average Bonchev–Trinajstić information content (AvgIpc) is 2.74. The number of nitrogens with one attached hydrogen (secondary N) is 1. The lowest BCUT2D eigenvalue weighted by molar-refractivity contribution is -0.119. The van der Waals surface area contributed by atoms with E-state index in [2.05, 4.69) is 5.32 Å².